The van der Waals surface area contributed by atoms with Gasteiger partial charge in [-0.15, -0.1) is 0 Å². The molecule has 2 N–H and O–H groups in total. The van der Waals surface area contributed by atoms with Gasteiger partial charge < -0.3 is 19.7 Å². The van der Waals surface area contributed by atoms with Crippen LogP contribution < -0.4 is 10.6 Å². The molecule has 0 unspecified atom stereocenters. The first-order chi connectivity index (χ1) is 13.0. The summed E-state index contributed by atoms with van der Waals surface area (Å²) in [5.41, 5.74) is 2.35. The van der Waals surface area contributed by atoms with Crippen molar-refractivity contribution in [2.45, 2.75) is 40.2 Å². The predicted octanol–water partition coefficient (Wildman–Crippen LogP) is 3.81. The Morgan fingerprint density at radius 1 is 1.15 bits per heavy atom. The molecule has 0 saturated heterocycles. The fourth-order valence-electron chi connectivity index (χ4n) is 2.51. The van der Waals surface area contributed by atoms with Crippen molar-refractivity contribution in [2.24, 2.45) is 5.92 Å². The summed E-state index contributed by atoms with van der Waals surface area (Å²) < 4.78 is 10.4. The van der Waals surface area contributed by atoms with E-state index in [4.69, 9.17) is 9.05 Å². The van der Waals surface area contributed by atoms with E-state index in [-0.39, 0.29) is 12.6 Å². The number of carbonyl (C=O) groups is 1. The smallest absolute Gasteiger partial charge is 0.319 e. The number of benzene rings is 1. The zero-order chi connectivity index (χ0) is 19.2. The molecule has 0 aliphatic carbocycles. The summed E-state index contributed by atoms with van der Waals surface area (Å²) >= 11 is 0. The van der Waals surface area contributed by atoms with Crippen molar-refractivity contribution in [1.29, 1.82) is 0 Å². The summed E-state index contributed by atoms with van der Waals surface area (Å²) in [5, 5.41) is 13.4. The summed E-state index contributed by atoms with van der Waals surface area (Å²) in [6, 6.07) is 8.73. The summed E-state index contributed by atoms with van der Waals surface area (Å²) in [6.07, 6.45) is 1.56. The first-order valence-electron chi connectivity index (χ1n) is 8.95. The van der Waals surface area contributed by atoms with Crippen LogP contribution in [0.2, 0.25) is 0 Å². The van der Waals surface area contributed by atoms with E-state index in [1.54, 1.807) is 12.1 Å². The van der Waals surface area contributed by atoms with Gasteiger partial charge in [-0.2, -0.15) is 4.98 Å². The highest BCUT2D eigenvalue weighted by Gasteiger charge is 2.10. The highest BCUT2D eigenvalue weighted by Crippen LogP contribution is 2.20. The van der Waals surface area contributed by atoms with Gasteiger partial charge in [0.15, 0.2) is 11.6 Å². The van der Waals surface area contributed by atoms with E-state index < -0.39 is 0 Å². The minimum atomic E-state index is -0.324. The lowest BCUT2D eigenvalue weighted by molar-refractivity contribution is 0.250. The minimum absolute atomic E-state index is 0.275. The first-order valence-corrected chi connectivity index (χ1v) is 8.95. The second-order valence-corrected chi connectivity index (χ2v) is 6.64. The molecule has 0 spiro atoms. The summed E-state index contributed by atoms with van der Waals surface area (Å²) in [5.74, 6) is 2.25. The monoisotopic (exact) mass is 369 g/mol. The molecule has 0 saturated carbocycles. The predicted molar refractivity (Wildman–Crippen MR) is 100 cm³/mol. The number of aryl methyl sites for hydroxylation is 1. The normalized spacial score (nSPS) is 11.0. The molecule has 8 heteroatoms. The summed E-state index contributed by atoms with van der Waals surface area (Å²) in [7, 11) is 0. The molecule has 0 aliphatic rings. The van der Waals surface area contributed by atoms with Gasteiger partial charge in [-0.3, -0.25) is 0 Å². The fourth-order valence-corrected chi connectivity index (χ4v) is 2.51. The Bertz CT molecular complexity index is 883. The SMILES string of the molecule is CCc1noc(-c2ccc(NC(=O)NCc3cc(CC(C)C)no3)cc2)n1. The van der Waals surface area contributed by atoms with Crippen molar-refractivity contribution in [3.05, 3.63) is 47.6 Å². The van der Waals surface area contributed by atoms with Gasteiger partial charge in [0.05, 0.1) is 12.2 Å². The molecule has 0 radical (unpaired) electrons. The van der Waals surface area contributed by atoms with Crippen LogP contribution in [-0.2, 0) is 19.4 Å². The Balaban J connectivity index is 1.51. The molecular formula is C19H23N5O3. The highest BCUT2D eigenvalue weighted by atomic mass is 16.5. The minimum Gasteiger partial charge on any atom is -0.359 e. The Labute approximate surface area is 157 Å². The molecule has 0 atom stereocenters. The molecule has 8 nitrogen and oxygen atoms in total. The molecule has 2 heterocycles. The van der Waals surface area contributed by atoms with Crippen LogP contribution in [0.3, 0.4) is 0 Å². The molecule has 0 fully saturated rings. The van der Waals surface area contributed by atoms with Gasteiger partial charge in [0.1, 0.15) is 0 Å². The average molecular weight is 369 g/mol. The van der Waals surface area contributed by atoms with Crippen LogP contribution in [0.4, 0.5) is 10.5 Å². The van der Waals surface area contributed by atoms with Crippen molar-refractivity contribution in [3.8, 4) is 11.5 Å². The van der Waals surface area contributed by atoms with Crippen molar-refractivity contribution in [1.82, 2.24) is 20.6 Å². The number of anilines is 1. The molecule has 3 rings (SSSR count). The maximum Gasteiger partial charge on any atom is 0.319 e. The van der Waals surface area contributed by atoms with Crippen molar-refractivity contribution < 1.29 is 13.8 Å². The number of hydrogen-bond acceptors (Lipinski definition) is 6. The second kappa shape index (κ2) is 8.48. The number of nitrogens with one attached hydrogen (secondary N) is 2. The average Bonchev–Trinajstić information content (AvgIpc) is 3.29. The fraction of sp³-hybridized carbons (Fsp3) is 0.368. The maximum absolute atomic E-state index is 12.0. The van der Waals surface area contributed by atoms with Gasteiger partial charge in [0, 0.05) is 23.7 Å². The van der Waals surface area contributed by atoms with Crippen LogP contribution >= 0.6 is 0 Å². The lowest BCUT2D eigenvalue weighted by atomic mass is 10.1. The number of rotatable bonds is 7. The number of hydrogen-bond donors (Lipinski definition) is 2. The molecular weight excluding hydrogens is 346 g/mol. The third kappa shape index (κ3) is 5.16. The van der Waals surface area contributed by atoms with Crippen LogP contribution in [0.25, 0.3) is 11.5 Å². The third-order valence-corrected chi connectivity index (χ3v) is 3.82. The van der Waals surface area contributed by atoms with Crippen LogP contribution in [-0.4, -0.2) is 21.3 Å². The van der Waals surface area contributed by atoms with E-state index in [0.29, 0.717) is 35.5 Å². The zero-order valence-electron chi connectivity index (χ0n) is 15.7. The molecule has 0 aliphatic heterocycles. The lowest BCUT2D eigenvalue weighted by Crippen LogP contribution is -2.27. The molecule has 1 aromatic carbocycles. The Morgan fingerprint density at radius 3 is 2.59 bits per heavy atom. The number of urea groups is 1. The van der Waals surface area contributed by atoms with Gasteiger partial charge >= 0.3 is 6.03 Å². The van der Waals surface area contributed by atoms with Gasteiger partial charge in [0.25, 0.3) is 5.89 Å². The van der Waals surface area contributed by atoms with Gasteiger partial charge in [-0.05, 0) is 36.6 Å². The van der Waals surface area contributed by atoms with E-state index in [1.165, 1.54) is 0 Å². The lowest BCUT2D eigenvalue weighted by Gasteiger charge is -2.06. The van der Waals surface area contributed by atoms with E-state index in [9.17, 15) is 4.79 Å². The molecule has 142 valence electrons. The Kier molecular flexibility index (Phi) is 5.85. The molecule has 27 heavy (non-hydrogen) atoms. The zero-order valence-corrected chi connectivity index (χ0v) is 15.7. The van der Waals surface area contributed by atoms with Crippen molar-refractivity contribution >= 4 is 11.7 Å². The number of amides is 2. The Hall–Kier alpha value is -3.16. The number of carbonyl (C=O) groups excluding carboxylic acids is 1. The summed E-state index contributed by atoms with van der Waals surface area (Å²) in [6.45, 7) is 6.47. The first kappa shape index (κ1) is 18.6. The van der Waals surface area contributed by atoms with E-state index in [1.807, 2.05) is 25.1 Å². The van der Waals surface area contributed by atoms with Gasteiger partial charge in [-0.1, -0.05) is 31.1 Å². The van der Waals surface area contributed by atoms with Gasteiger partial charge in [0.2, 0.25) is 0 Å². The standard InChI is InChI=1S/C19H23N5O3/c1-4-17-22-18(27-24-17)13-5-7-14(8-6-13)21-19(25)20-11-16-10-15(23-26-16)9-12(2)3/h5-8,10,12H,4,9,11H2,1-3H3,(H2,20,21,25). The van der Waals surface area contributed by atoms with Crippen LogP contribution in [0.5, 0.6) is 0 Å². The highest BCUT2D eigenvalue weighted by molar-refractivity contribution is 5.89. The van der Waals surface area contributed by atoms with Crippen LogP contribution in [0.15, 0.2) is 39.4 Å². The van der Waals surface area contributed by atoms with Gasteiger partial charge in [-0.25, -0.2) is 4.79 Å². The summed E-state index contributed by atoms with van der Waals surface area (Å²) in [4.78, 5) is 16.3. The quantitative estimate of drug-likeness (QED) is 0.656. The van der Waals surface area contributed by atoms with Crippen molar-refractivity contribution in [3.63, 3.8) is 0 Å². The number of aromatic nitrogens is 3. The molecule has 3 aromatic rings. The number of nitrogens with zero attached hydrogens (tertiary/aromatic N) is 3. The molecule has 0 bridgehead atoms. The maximum atomic E-state index is 12.0. The topological polar surface area (TPSA) is 106 Å². The largest absolute Gasteiger partial charge is 0.359 e. The van der Waals surface area contributed by atoms with Crippen molar-refractivity contribution in [2.75, 3.05) is 5.32 Å². The molecule has 2 amide bonds. The van der Waals surface area contributed by atoms with E-state index >= 15 is 0 Å². The van der Waals surface area contributed by atoms with E-state index in [0.717, 1.165) is 17.7 Å². The van der Waals surface area contributed by atoms with Crippen LogP contribution in [0.1, 0.15) is 38.0 Å². The third-order valence-electron chi connectivity index (χ3n) is 3.82. The van der Waals surface area contributed by atoms with Crippen LogP contribution in [0, 0.1) is 5.92 Å². The molecule has 2 aromatic heterocycles. The van der Waals surface area contributed by atoms with E-state index in [2.05, 4.69) is 39.8 Å². The Morgan fingerprint density at radius 2 is 1.93 bits per heavy atom. The second-order valence-electron chi connectivity index (χ2n) is 6.64.